The van der Waals surface area contributed by atoms with Gasteiger partial charge in [-0.1, -0.05) is 0 Å². The van der Waals surface area contributed by atoms with E-state index in [0.717, 1.165) is 0 Å². The molecule has 1 amide bonds. The highest BCUT2D eigenvalue weighted by Gasteiger charge is 2.37. The second-order valence-electron chi connectivity index (χ2n) is 4.61. The first-order valence-electron chi connectivity index (χ1n) is 5.84. The summed E-state index contributed by atoms with van der Waals surface area (Å²) in [5, 5.41) is 11.1. The molecule has 1 N–H and O–H groups in total. The second-order valence-corrected chi connectivity index (χ2v) is 4.61. The van der Waals surface area contributed by atoms with Crippen molar-refractivity contribution in [1.82, 2.24) is 10.2 Å². The minimum atomic E-state index is -4.24. The molecule has 2 unspecified atom stereocenters. The minimum Gasteiger partial charge on any atom is -0.453 e. The smallest absolute Gasteiger partial charge is 0.407 e. The zero-order valence-electron chi connectivity index (χ0n) is 10.5. The number of alkyl carbamates (subject to hydrolysis) is 1. The molecule has 0 radical (unpaired) electrons. The Bertz CT molecular complexity index is 354. The van der Waals surface area contributed by atoms with Crippen LogP contribution >= 0.6 is 0 Å². The number of carbonyl (C=O) groups excluding carboxylic acids is 1. The third-order valence-electron chi connectivity index (χ3n) is 2.93. The van der Waals surface area contributed by atoms with Gasteiger partial charge in [-0.15, -0.1) is 0 Å². The summed E-state index contributed by atoms with van der Waals surface area (Å²) in [6, 6.07) is 1.48. The van der Waals surface area contributed by atoms with Gasteiger partial charge in [-0.2, -0.15) is 18.4 Å². The van der Waals surface area contributed by atoms with E-state index in [9.17, 15) is 18.0 Å². The predicted molar refractivity (Wildman–Crippen MR) is 60.2 cm³/mol. The van der Waals surface area contributed by atoms with Gasteiger partial charge in [0.05, 0.1) is 19.7 Å². The minimum absolute atomic E-state index is 0.0493. The molecule has 0 aromatic heterocycles. The van der Waals surface area contributed by atoms with Crippen molar-refractivity contribution in [1.29, 1.82) is 5.26 Å². The molecule has 0 bridgehead atoms. The van der Waals surface area contributed by atoms with Crippen molar-refractivity contribution in [3.05, 3.63) is 0 Å². The van der Waals surface area contributed by atoms with Crippen molar-refractivity contribution in [3.8, 4) is 6.07 Å². The summed E-state index contributed by atoms with van der Waals surface area (Å²) in [5.41, 5.74) is 0. The Morgan fingerprint density at radius 3 is 2.74 bits per heavy atom. The average molecular weight is 279 g/mol. The van der Waals surface area contributed by atoms with Crippen LogP contribution in [0.1, 0.15) is 12.8 Å². The standard InChI is InChI=1S/C11H16F3N3O2/c1-19-10(18)16-9-4-8(5-11(12,13)14)6-17(7-9)3-2-15/h8-9H,3-7H2,1H3,(H,16,18). The van der Waals surface area contributed by atoms with Crippen LogP contribution in [0.15, 0.2) is 0 Å². The van der Waals surface area contributed by atoms with E-state index >= 15 is 0 Å². The average Bonchev–Trinajstić information content (AvgIpc) is 2.26. The molecule has 19 heavy (non-hydrogen) atoms. The number of hydrogen-bond acceptors (Lipinski definition) is 4. The summed E-state index contributed by atoms with van der Waals surface area (Å²) in [6.07, 6.45) is -5.59. The van der Waals surface area contributed by atoms with Gasteiger partial charge in [-0.25, -0.2) is 4.79 Å². The molecular weight excluding hydrogens is 263 g/mol. The molecule has 1 aliphatic rings. The highest BCUT2D eigenvalue weighted by molar-refractivity contribution is 5.67. The number of nitrogens with zero attached hydrogens (tertiary/aromatic N) is 2. The summed E-state index contributed by atoms with van der Waals surface area (Å²) in [6.45, 7) is 0.622. The summed E-state index contributed by atoms with van der Waals surface area (Å²) in [4.78, 5) is 12.7. The van der Waals surface area contributed by atoms with Crippen molar-refractivity contribution < 1.29 is 22.7 Å². The molecular formula is C11H16F3N3O2. The van der Waals surface area contributed by atoms with Gasteiger partial charge in [0, 0.05) is 25.6 Å². The van der Waals surface area contributed by atoms with Gasteiger partial charge in [0.2, 0.25) is 0 Å². The van der Waals surface area contributed by atoms with Crippen LogP contribution in [0.25, 0.3) is 0 Å². The van der Waals surface area contributed by atoms with Gasteiger partial charge >= 0.3 is 12.3 Å². The lowest BCUT2D eigenvalue weighted by molar-refractivity contribution is -0.148. The quantitative estimate of drug-likeness (QED) is 0.795. The Hall–Kier alpha value is -1.49. The van der Waals surface area contributed by atoms with Crippen LogP contribution in [0, 0.1) is 17.2 Å². The Balaban J connectivity index is 2.62. The molecule has 1 saturated heterocycles. The van der Waals surface area contributed by atoms with Crippen molar-refractivity contribution in [2.45, 2.75) is 25.1 Å². The lowest BCUT2D eigenvalue weighted by Gasteiger charge is -2.36. The van der Waals surface area contributed by atoms with Crippen molar-refractivity contribution >= 4 is 6.09 Å². The topological polar surface area (TPSA) is 65.4 Å². The fourth-order valence-electron chi connectivity index (χ4n) is 2.34. The molecule has 0 aliphatic carbocycles. The number of halogens is 3. The van der Waals surface area contributed by atoms with Crippen molar-refractivity contribution in [2.75, 3.05) is 26.7 Å². The zero-order valence-corrected chi connectivity index (χ0v) is 10.5. The Morgan fingerprint density at radius 2 is 2.21 bits per heavy atom. The van der Waals surface area contributed by atoms with Crippen LogP contribution in [-0.4, -0.2) is 50.0 Å². The maximum atomic E-state index is 12.4. The van der Waals surface area contributed by atoms with Gasteiger partial charge in [-0.05, 0) is 12.3 Å². The Kier molecular flexibility index (Phi) is 5.42. The van der Waals surface area contributed by atoms with E-state index in [0.29, 0.717) is 6.54 Å². The molecule has 1 aliphatic heterocycles. The molecule has 1 rings (SSSR count). The number of nitrogens with one attached hydrogen (secondary N) is 1. The second kappa shape index (κ2) is 6.61. The highest BCUT2D eigenvalue weighted by atomic mass is 19.4. The number of alkyl halides is 3. The highest BCUT2D eigenvalue weighted by Crippen LogP contribution is 2.30. The first-order valence-corrected chi connectivity index (χ1v) is 5.84. The zero-order chi connectivity index (χ0) is 14.5. The molecule has 0 saturated carbocycles. The molecule has 108 valence electrons. The van der Waals surface area contributed by atoms with Gasteiger partial charge in [0.15, 0.2) is 0 Å². The number of amides is 1. The number of nitriles is 1. The number of ether oxygens (including phenoxy) is 1. The molecule has 0 aromatic rings. The van der Waals surface area contributed by atoms with Crippen LogP contribution in [0.4, 0.5) is 18.0 Å². The summed E-state index contributed by atoms with van der Waals surface area (Å²) >= 11 is 0. The Labute approximate surface area is 109 Å². The SMILES string of the molecule is COC(=O)NC1CC(CC(F)(F)F)CN(CC#N)C1. The van der Waals surface area contributed by atoms with Crippen LogP contribution in [0.2, 0.25) is 0 Å². The van der Waals surface area contributed by atoms with Crippen LogP contribution in [0.3, 0.4) is 0 Å². The fourth-order valence-corrected chi connectivity index (χ4v) is 2.34. The molecule has 5 nitrogen and oxygen atoms in total. The number of piperidine rings is 1. The van der Waals surface area contributed by atoms with Gasteiger partial charge in [-0.3, -0.25) is 4.90 Å². The summed E-state index contributed by atoms with van der Waals surface area (Å²) in [5.74, 6) is -0.621. The van der Waals surface area contributed by atoms with Crippen LogP contribution < -0.4 is 5.32 Å². The number of carbonyl (C=O) groups is 1. The fraction of sp³-hybridized carbons (Fsp3) is 0.818. The molecule has 0 aromatic carbocycles. The number of hydrogen-bond donors (Lipinski definition) is 1. The van der Waals surface area contributed by atoms with E-state index in [4.69, 9.17) is 5.26 Å². The van der Waals surface area contributed by atoms with Gasteiger partial charge < -0.3 is 10.1 Å². The number of likely N-dealkylation sites (tertiary alicyclic amines) is 1. The predicted octanol–water partition coefficient (Wildman–Crippen LogP) is 1.51. The van der Waals surface area contributed by atoms with E-state index in [-0.39, 0.29) is 19.5 Å². The number of rotatable bonds is 3. The monoisotopic (exact) mass is 279 g/mol. The molecule has 8 heteroatoms. The molecule has 0 spiro atoms. The first kappa shape index (κ1) is 15.6. The lowest BCUT2D eigenvalue weighted by Crippen LogP contribution is -2.51. The third kappa shape index (κ3) is 5.79. The van der Waals surface area contributed by atoms with E-state index < -0.39 is 30.7 Å². The summed E-state index contributed by atoms with van der Waals surface area (Å²) < 4.78 is 41.7. The summed E-state index contributed by atoms with van der Waals surface area (Å²) in [7, 11) is 1.19. The van der Waals surface area contributed by atoms with Gasteiger partial charge in [0.25, 0.3) is 0 Å². The largest absolute Gasteiger partial charge is 0.453 e. The molecule has 1 fully saturated rings. The van der Waals surface area contributed by atoms with Crippen molar-refractivity contribution in [3.63, 3.8) is 0 Å². The number of methoxy groups -OCH3 is 1. The lowest BCUT2D eigenvalue weighted by atomic mass is 9.91. The van der Waals surface area contributed by atoms with E-state index in [1.165, 1.54) is 7.11 Å². The maximum Gasteiger partial charge on any atom is 0.407 e. The molecule has 2 atom stereocenters. The normalized spacial score (nSPS) is 24.6. The van der Waals surface area contributed by atoms with Gasteiger partial charge in [0.1, 0.15) is 0 Å². The van der Waals surface area contributed by atoms with Crippen LogP contribution in [0.5, 0.6) is 0 Å². The van der Waals surface area contributed by atoms with E-state index in [2.05, 4.69) is 10.1 Å². The van der Waals surface area contributed by atoms with E-state index in [1.54, 1.807) is 4.90 Å². The Morgan fingerprint density at radius 1 is 1.53 bits per heavy atom. The maximum absolute atomic E-state index is 12.4. The molecule has 1 heterocycles. The first-order chi connectivity index (χ1) is 8.84. The third-order valence-corrected chi connectivity index (χ3v) is 2.93. The van der Waals surface area contributed by atoms with Crippen molar-refractivity contribution in [2.24, 2.45) is 5.92 Å². The van der Waals surface area contributed by atoms with Crippen LogP contribution in [-0.2, 0) is 4.74 Å². The van der Waals surface area contributed by atoms with E-state index in [1.807, 2.05) is 6.07 Å².